The van der Waals surface area contributed by atoms with E-state index in [1.165, 1.54) is 0 Å². The predicted molar refractivity (Wildman–Crippen MR) is 90.2 cm³/mol. The molecule has 9 heteroatoms. The third-order valence-electron chi connectivity index (χ3n) is 4.47. The van der Waals surface area contributed by atoms with Crippen molar-refractivity contribution in [2.45, 2.75) is 25.6 Å². The first-order valence-corrected chi connectivity index (χ1v) is 9.01. The Morgan fingerprint density at radius 3 is 2.24 bits per heavy atom. The molecule has 136 valence electrons. The number of carbonyl (C=O) groups excluding carboxylic acids is 1. The summed E-state index contributed by atoms with van der Waals surface area (Å²) in [5.41, 5.74) is -0.204. The van der Waals surface area contributed by atoms with Gasteiger partial charge in [0.15, 0.2) is 5.78 Å². The first kappa shape index (κ1) is 18.7. The number of aliphatic hydroxyl groups excluding tert-OH is 1. The molecule has 4 nitrogen and oxygen atoms in total. The van der Waals surface area contributed by atoms with Crippen molar-refractivity contribution in [3.05, 3.63) is 32.4 Å². The first-order chi connectivity index (χ1) is 11.6. The summed E-state index contributed by atoms with van der Waals surface area (Å²) >= 11 is 6.37. The van der Waals surface area contributed by atoms with Crippen molar-refractivity contribution in [3.8, 4) is 5.75 Å². The van der Waals surface area contributed by atoms with Crippen LogP contribution in [0.4, 0.5) is 13.2 Å². The maximum absolute atomic E-state index is 12.6. The zero-order valence-corrected chi connectivity index (χ0v) is 15.9. The van der Waals surface area contributed by atoms with Crippen molar-refractivity contribution in [2.75, 3.05) is 13.2 Å². The van der Waals surface area contributed by atoms with E-state index in [1.807, 2.05) is 0 Å². The van der Waals surface area contributed by atoms with Gasteiger partial charge in [-0.2, -0.15) is 0 Å². The summed E-state index contributed by atoms with van der Waals surface area (Å²) in [7, 11) is 0. The molecule has 1 fully saturated rings. The van der Waals surface area contributed by atoms with Gasteiger partial charge in [-0.15, -0.1) is 13.2 Å². The number of ether oxygens (including phenoxy) is 2. The number of allylic oxidation sites excluding steroid dienone is 2. The van der Waals surface area contributed by atoms with Crippen molar-refractivity contribution in [2.24, 2.45) is 5.41 Å². The van der Waals surface area contributed by atoms with Gasteiger partial charge in [0.2, 0.25) is 0 Å². The minimum atomic E-state index is -4.82. The molecule has 2 aliphatic rings. The van der Waals surface area contributed by atoms with Crippen LogP contribution in [0.5, 0.6) is 5.75 Å². The maximum atomic E-state index is 12.6. The van der Waals surface area contributed by atoms with Gasteiger partial charge < -0.3 is 14.6 Å². The van der Waals surface area contributed by atoms with Crippen LogP contribution in [-0.2, 0) is 9.53 Å². The van der Waals surface area contributed by atoms with Gasteiger partial charge in [-0.3, -0.25) is 4.79 Å². The van der Waals surface area contributed by atoms with Gasteiger partial charge in [0.05, 0.1) is 5.57 Å². The summed E-state index contributed by atoms with van der Waals surface area (Å²) in [6, 6.07) is 2.24. The highest BCUT2D eigenvalue weighted by molar-refractivity contribution is 9.11. The fourth-order valence-electron chi connectivity index (χ4n) is 3.29. The summed E-state index contributed by atoms with van der Waals surface area (Å²) in [5.74, 6) is -0.696. The van der Waals surface area contributed by atoms with Crippen LogP contribution in [0.2, 0.25) is 0 Å². The highest BCUT2D eigenvalue weighted by Crippen LogP contribution is 2.52. The molecule has 1 aliphatic carbocycles. The topological polar surface area (TPSA) is 55.8 Å². The number of Topliss-reactive ketones (excluding diaryl/α,β-unsaturated/α-hetero) is 1. The van der Waals surface area contributed by atoms with E-state index >= 15 is 0 Å². The number of hydrogen-bond acceptors (Lipinski definition) is 4. The van der Waals surface area contributed by atoms with E-state index in [9.17, 15) is 23.1 Å². The standard InChI is InChI=1S/C16H13Br2F3O4/c17-9-5-8(25-16(19,20)21)6-10(18)12(9)13-11(22)7-15(14(13)23)1-3-24-4-2-15/h5-6,23H,1-4,7H2. The Kier molecular flexibility index (Phi) is 4.93. The molecule has 1 spiro atoms. The van der Waals surface area contributed by atoms with Crippen molar-refractivity contribution in [1.82, 2.24) is 0 Å². The molecule has 1 aliphatic heterocycles. The molecule has 0 aromatic heterocycles. The zero-order chi connectivity index (χ0) is 18.4. The summed E-state index contributed by atoms with van der Waals surface area (Å²) in [6.45, 7) is 0.899. The lowest BCUT2D eigenvalue weighted by Gasteiger charge is -2.32. The highest BCUT2D eigenvalue weighted by Gasteiger charge is 2.48. The number of rotatable bonds is 2. The minimum Gasteiger partial charge on any atom is -0.511 e. The average molecular weight is 486 g/mol. The molecule has 0 bridgehead atoms. The first-order valence-electron chi connectivity index (χ1n) is 7.43. The Morgan fingerprint density at radius 2 is 1.72 bits per heavy atom. The van der Waals surface area contributed by atoms with Crippen LogP contribution in [0.3, 0.4) is 0 Å². The summed E-state index contributed by atoms with van der Waals surface area (Å²) < 4.78 is 46.9. The molecular formula is C16H13Br2F3O4. The van der Waals surface area contributed by atoms with Crippen LogP contribution in [0.1, 0.15) is 24.8 Å². The van der Waals surface area contributed by atoms with E-state index in [0.29, 0.717) is 31.6 Å². The summed E-state index contributed by atoms with van der Waals surface area (Å²) in [6.07, 6.45) is -3.61. The molecule has 25 heavy (non-hydrogen) atoms. The largest absolute Gasteiger partial charge is 0.573 e. The Balaban J connectivity index is 2.05. The second kappa shape index (κ2) is 6.59. The van der Waals surface area contributed by atoms with Crippen LogP contribution in [0.25, 0.3) is 5.57 Å². The number of ketones is 1. The molecule has 0 radical (unpaired) electrons. The van der Waals surface area contributed by atoms with E-state index in [0.717, 1.165) is 12.1 Å². The van der Waals surface area contributed by atoms with Gasteiger partial charge in [0.25, 0.3) is 0 Å². The monoisotopic (exact) mass is 484 g/mol. The second-order valence-electron chi connectivity index (χ2n) is 6.03. The van der Waals surface area contributed by atoms with Crippen molar-refractivity contribution in [3.63, 3.8) is 0 Å². The molecular weight excluding hydrogens is 473 g/mol. The third-order valence-corrected chi connectivity index (χ3v) is 5.72. The van der Waals surface area contributed by atoms with Gasteiger partial charge in [-0.05, 0) is 56.8 Å². The van der Waals surface area contributed by atoms with Crippen molar-refractivity contribution < 1.29 is 32.5 Å². The smallest absolute Gasteiger partial charge is 0.511 e. The zero-order valence-electron chi connectivity index (χ0n) is 12.8. The maximum Gasteiger partial charge on any atom is 0.573 e. The van der Waals surface area contributed by atoms with Gasteiger partial charge in [0, 0.05) is 39.6 Å². The molecule has 3 rings (SSSR count). The number of alkyl halides is 3. The van der Waals surface area contributed by atoms with Gasteiger partial charge in [-0.1, -0.05) is 0 Å². The quantitative estimate of drug-likeness (QED) is 0.629. The fourth-order valence-corrected chi connectivity index (χ4v) is 4.83. The van der Waals surface area contributed by atoms with Crippen LogP contribution in [-0.4, -0.2) is 30.5 Å². The highest BCUT2D eigenvalue weighted by atomic mass is 79.9. The van der Waals surface area contributed by atoms with Gasteiger partial charge >= 0.3 is 6.36 Å². The number of halogens is 5. The van der Waals surface area contributed by atoms with Crippen LogP contribution >= 0.6 is 31.9 Å². The van der Waals surface area contributed by atoms with Crippen molar-refractivity contribution in [1.29, 1.82) is 0 Å². The number of carbonyl (C=O) groups is 1. The summed E-state index contributed by atoms with van der Waals surface area (Å²) in [5, 5.41) is 10.7. The average Bonchev–Trinajstić information content (AvgIpc) is 2.70. The molecule has 1 heterocycles. The van der Waals surface area contributed by atoms with E-state index in [-0.39, 0.29) is 32.5 Å². The summed E-state index contributed by atoms with van der Waals surface area (Å²) in [4.78, 5) is 12.6. The minimum absolute atomic E-state index is 0.0216. The lowest BCUT2D eigenvalue weighted by molar-refractivity contribution is -0.274. The molecule has 0 amide bonds. The molecule has 0 unspecified atom stereocenters. The lowest BCUT2D eigenvalue weighted by Crippen LogP contribution is -2.29. The van der Waals surface area contributed by atoms with E-state index in [4.69, 9.17) is 4.74 Å². The molecule has 1 saturated heterocycles. The van der Waals surface area contributed by atoms with E-state index in [2.05, 4.69) is 36.6 Å². The third kappa shape index (κ3) is 3.59. The molecule has 1 aromatic carbocycles. The van der Waals surface area contributed by atoms with E-state index in [1.54, 1.807) is 0 Å². The van der Waals surface area contributed by atoms with Crippen LogP contribution in [0, 0.1) is 5.41 Å². The Morgan fingerprint density at radius 1 is 1.16 bits per heavy atom. The SMILES string of the molecule is O=C1CC2(CCOCC2)C(O)=C1c1c(Br)cc(OC(F)(F)F)cc1Br. The molecule has 1 N–H and O–H groups in total. The Bertz CT molecular complexity index is 729. The molecule has 0 saturated carbocycles. The van der Waals surface area contributed by atoms with E-state index < -0.39 is 17.5 Å². The van der Waals surface area contributed by atoms with Gasteiger partial charge in [0.1, 0.15) is 11.5 Å². The normalized spacial score (nSPS) is 20.4. The van der Waals surface area contributed by atoms with Gasteiger partial charge in [-0.25, -0.2) is 0 Å². The molecule has 0 atom stereocenters. The Labute approximate surface area is 158 Å². The second-order valence-corrected chi connectivity index (χ2v) is 7.73. The predicted octanol–water partition coefficient (Wildman–Crippen LogP) is 5.15. The number of aliphatic hydroxyl groups is 1. The number of hydrogen-bond donors (Lipinski definition) is 1. The molecule has 1 aromatic rings. The van der Waals surface area contributed by atoms with Crippen LogP contribution in [0.15, 0.2) is 26.8 Å². The lowest BCUT2D eigenvalue weighted by atomic mass is 9.78. The van der Waals surface area contributed by atoms with Crippen LogP contribution < -0.4 is 4.74 Å². The Hall–Kier alpha value is -1.06. The number of benzene rings is 1. The fraction of sp³-hybridized carbons (Fsp3) is 0.438. The van der Waals surface area contributed by atoms with Crippen molar-refractivity contribution >= 4 is 43.2 Å².